The Kier molecular flexibility index (Phi) is 5.00. The number of nitrogens with zero attached hydrogens (tertiary/aromatic N) is 2. The van der Waals surface area contributed by atoms with Crippen LogP contribution in [-0.4, -0.2) is 36.8 Å². The average Bonchev–Trinajstić information content (AvgIpc) is 2.45. The van der Waals surface area contributed by atoms with Gasteiger partial charge in [-0.3, -0.25) is 0 Å². The Morgan fingerprint density at radius 3 is 2.70 bits per heavy atom. The van der Waals surface area contributed by atoms with Gasteiger partial charge in [-0.2, -0.15) is 0 Å². The molecule has 0 bridgehead atoms. The van der Waals surface area contributed by atoms with Crippen LogP contribution in [0.15, 0.2) is 18.3 Å². The van der Waals surface area contributed by atoms with Gasteiger partial charge in [-0.05, 0) is 51.3 Å². The maximum absolute atomic E-state index is 5.43. The molecule has 20 heavy (non-hydrogen) atoms. The van der Waals surface area contributed by atoms with Gasteiger partial charge in [0.25, 0.3) is 0 Å². The van der Waals surface area contributed by atoms with Gasteiger partial charge in [-0.25, -0.2) is 4.98 Å². The van der Waals surface area contributed by atoms with E-state index < -0.39 is 0 Å². The summed E-state index contributed by atoms with van der Waals surface area (Å²) in [6.07, 6.45) is 4.08. The van der Waals surface area contributed by atoms with Crippen LogP contribution in [0.3, 0.4) is 0 Å². The molecule has 1 aromatic heterocycles. The molecule has 112 valence electrons. The number of anilines is 1. The van der Waals surface area contributed by atoms with Crippen LogP contribution in [0.5, 0.6) is 0 Å². The molecule has 1 saturated heterocycles. The molecule has 0 aromatic carbocycles. The van der Waals surface area contributed by atoms with E-state index in [1.807, 2.05) is 6.20 Å². The summed E-state index contributed by atoms with van der Waals surface area (Å²) in [6.45, 7) is 9.15. The number of hydrogen-bond acceptors (Lipinski definition) is 4. The lowest BCUT2D eigenvalue weighted by atomic mass is 10.1. The summed E-state index contributed by atoms with van der Waals surface area (Å²) in [5.74, 6) is 1.06. The van der Waals surface area contributed by atoms with Crippen molar-refractivity contribution in [2.24, 2.45) is 0 Å². The second-order valence-electron chi connectivity index (χ2n) is 6.58. The summed E-state index contributed by atoms with van der Waals surface area (Å²) < 4.78 is 5.43. The summed E-state index contributed by atoms with van der Waals surface area (Å²) >= 11 is 0. The fraction of sp³-hybridized carbons (Fsp3) is 0.688. The fourth-order valence-corrected chi connectivity index (χ4v) is 2.39. The lowest BCUT2D eigenvalue weighted by Crippen LogP contribution is -2.37. The molecule has 1 aromatic rings. The lowest BCUT2D eigenvalue weighted by molar-refractivity contribution is 0.0853. The Morgan fingerprint density at radius 1 is 1.35 bits per heavy atom. The zero-order valence-electron chi connectivity index (χ0n) is 13.1. The highest BCUT2D eigenvalue weighted by Crippen LogP contribution is 2.20. The van der Waals surface area contributed by atoms with E-state index in [0.717, 1.165) is 38.4 Å². The van der Waals surface area contributed by atoms with Gasteiger partial charge < -0.3 is 15.0 Å². The minimum absolute atomic E-state index is 0.135. The van der Waals surface area contributed by atoms with Crippen molar-refractivity contribution < 1.29 is 4.74 Å². The normalized spacial score (nSPS) is 17.2. The number of ether oxygens (including phenoxy) is 1. The SMILES string of the molecule is CN(c1cc(CNC(C)(C)C)ccn1)C1CCOCC1. The molecule has 0 saturated carbocycles. The van der Waals surface area contributed by atoms with Gasteiger partial charge in [0.15, 0.2) is 0 Å². The van der Waals surface area contributed by atoms with E-state index in [4.69, 9.17) is 4.74 Å². The van der Waals surface area contributed by atoms with Gasteiger partial charge in [-0.1, -0.05) is 0 Å². The molecular weight excluding hydrogens is 250 g/mol. The van der Waals surface area contributed by atoms with Crippen LogP contribution in [-0.2, 0) is 11.3 Å². The molecule has 0 amide bonds. The summed E-state index contributed by atoms with van der Waals surface area (Å²) in [5.41, 5.74) is 1.42. The molecule has 4 nitrogen and oxygen atoms in total. The molecule has 0 radical (unpaired) electrons. The van der Waals surface area contributed by atoms with Crippen molar-refractivity contribution in [2.75, 3.05) is 25.2 Å². The van der Waals surface area contributed by atoms with Crippen LogP contribution in [0.4, 0.5) is 5.82 Å². The van der Waals surface area contributed by atoms with E-state index in [2.05, 4.69) is 55.2 Å². The van der Waals surface area contributed by atoms with Gasteiger partial charge in [0.1, 0.15) is 5.82 Å². The predicted octanol–water partition coefficient (Wildman–Crippen LogP) is 2.58. The number of aromatic nitrogens is 1. The van der Waals surface area contributed by atoms with Crippen molar-refractivity contribution in [3.05, 3.63) is 23.9 Å². The third-order valence-corrected chi connectivity index (χ3v) is 3.73. The third-order valence-electron chi connectivity index (χ3n) is 3.73. The van der Waals surface area contributed by atoms with Crippen LogP contribution >= 0.6 is 0 Å². The Balaban J connectivity index is 2.01. The highest BCUT2D eigenvalue weighted by atomic mass is 16.5. The first kappa shape index (κ1) is 15.3. The zero-order valence-corrected chi connectivity index (χ0v) is 13.1. The zero-order chi connectivity index (χ0) is 14.6. The quantitative estimate of drug-likeness (QED) is 0.918. The Bertz CT molecular complexity index is 422. The first-order chi connectivity index (χ1) is 9.46. The second-order valence-corrected chi connectivity index (χ2v) is 6.58. The lowest BCUT2D eigenvalue weighted by Gasteiger charge is -2.32. The highest BCUT2D eigenvalue weighted by Gasteiger charge is 2.19. The molecule has 1 N–H and O–H groups in total. The van der Waals surface area contributed by atoms with Crippen molar-refractivity contribution in [3.63, 3.8) is 0 Å². The molecule has 0 atom stereocenters. The van der Waals surface area contributed by atoms with E-state index >= 15 is 0 Å². The van der Waals surface area contributed by atoms with Crippen molar-refractivity contribution in [1.82, 2.24) is 10.3 Å². The van der Waals surface area contributed by atoms with E-state index in [1.54, 1.807) is 0 Å². The third kappa shape index (κ3) is 4.46. The standard InChI is InChI=1S/C16H27N3O/c1-16(2,3)18-12-13-5-8-17-15(11-13)19(4)14-6-9-20-10-7-14/h5,8,11,14,18H,6-7,9-10,12H2,1-4H3. The van der Waals surface area contributed by atoms with Crippen LogP contribution in [0.1, 0.15) is 39.2 Å². The molecule has 2 heterocycles. The summed E-state index contributed by atoms with van der Waals surface area (Å²) in [6, 6.07) is 4.82. The molecule has 1 aliphatic heterocycles. The molecular formula is C16H27N3O. The molecule has 2 rings (SSSR count). The molecule has 0 aliphatic carbocycles. The number of hydrogen-bond donors (Lipinski definition) is 1. The fourth-order valence-electron chi connectivity index (χ4n) is 2.39. The monoisotopic (exact) mass is 277 g/mol. The van der Waals surface area contributed by atoms with Crippen molar-refractivity contribution in [1.29, 1.82) is 0 Å². The minimum Gasteiger partial charge on any atom is -0.381 e. The Hall–Kier alpha value is -1.13. The van der Waals surface area contributed by atoms with Gasteiger partial charge >= 0.3 is 0 Å². The molecule has 1 fully saturated rings. The van der Waals surface area contributed by atoms with Crippen molar-refractivity contribution >= 4 is 5.82 Å². The first-order valence-electron chi connectivity index (χ1n) is 7.46. The molecule has 1 aliphatic rings. The Labute approximate surface area is 122 Å². The molecule has 4 heteroatoms. The minimum atomic E-state index is 0.135. The maximum atomic E-state index is 5.43. The number of rotatable bonds is 4. The number of nitrogens with one attached hydrogen (secondary N) is 1. The topological polar surface area (TPSA) is 37.4 Å². The van der Waals surface area contributed by atoms with Gasteiger partial charge in [0, 0.05) is 44.6 Å². The van der Waals surface area contributed by atoms with E-state index in [0.29, 0.717) is 6.04 Å². The van der Waals surface area contributed by atoms with Gasteiger partial charge in [0.05, 0.1) is 0 Å². The van der Waals surface area contributed by atoms with E-state index in [9.17, 15) is 0 Å². The largest absolute Gasteiger partial charge is 0.381 e. The summed E-state index contributed by atoms with van der Waals surface area (Å²) in [7, 11) is 2.14. The highest BCUT2D eigenvalue weighted by molar-refractivity contribution is 5.41. The van der Waals surface area contributed by atoms with Crippen molar-refractivity contribution in [2.45, 2.75) is 51.7 Å². The Morgan fingerprint density at radius 2 is 2.05 bits per heavy atom. The smallest absolute Gasteiger partial charge is 0.128 e. The van der Waals surface area contributed by atoms with Gasteiger partial charge in [-0.15, -0.1) is 0 Å². The summed E-state index contributed by atoms with van der Waals surface area (Å²) in [4.78, 5) is 6.81. The first-order valence-corrected chi connectivity index (χ1v) is 7.46. The predicted molar refractivity (Wildman–Crippen MR) is 83.1 cm³/mol. The molecule has 0 spiro atoms. The second kappa shape index (κ2) is 6.55. The van der Waals surface area contributed by atoms with Crippen LogP contribution < -0.4 is 10.2 Å². The van der Waals surface area contributed by atoms with Crippen LogP contribution in [0, 0.1) is 0 Å². The van der Waals surface area contributed by atoms with Crippen molar-refractivity contribution in [3.8, 4) is 0 Å². The van der Waals surface area contributed by atoms with Crippen LogP contribution in [0.2, 0.25) is 0 Å². The molecule has 0 unspecified atom stereocenters. The maximum Gasteiger partial charge on any atom is 0.128 e. The average molecular weight is 277 g/mol. The number of pyridine rings is 1. The summed E-state index contributed by atoms with van der Waals surface area (Å²) in [5, 5.41) is 3.52. The van der Waals surface area contributed by atoms with E-state index in [1.165, 1.54) is 5.56 Å². The van der Waals surface area contributed by atoms with Gasteiger partial charge in [0.2, 0.25) is 0 Å². The van der Waals surface area contributed by atoms with E-state index in [-0.39, 0.29) is 5.54 Å². The van der Waals surface area contributed by atoms with Crippen LogP contribution in [0.25, 0.3) is 0 Å².